The molecule has 1 aliphatic rings. The van der Waals surface area contributed by atoms with Gasteiger partial charge in [0.05, 0.1) is 12.7 Å². The predicted molar refractivity (Wildman–Crippen MR) is 130 cm³/mol. The number of hydrogen-bond donors (Lipinski definition) is 0. The number of rotatable bonds is 6. The fourth-order valence-electron chi connectivity index (χ4n) is 4.23. The Bertz CT molecular complexity index is 1300. The second-order valence-corrected chi connectivity index (χ2v) is 8.36. The molecule has 4 aromatic rings. The van der Waals surface area contributed by atoms with E-state index in [1.807, 2.05) is 53.4 Å². The zero-order valence-electron chi connectivity index (χ0n) is 19.4. The third-order valence-electron chi connectivity index (χ3n) is 6.03. The maximum Gasteiger partial charge on any atom is 0.255 e. The van der Waals surface area contributed by atoms with Crippen molar-refractivity contribution in [2.24, 2.45) is 0 Å². The van der Waals surface area contributed by atoms with Gasteiger partial charge in [-0.25, -0.2) is 15.0 Å². The Kier molecular flexibility index (Phi) is 6.61. The Balaban J connectivity index is 1.29. The van der Waals surface area contributed by atoms with Gasteiger partial charge in [-0.05, 0) is 49.2 Å². The van der Waals surface area contributed by atoms with Gasteiger partial charge in [0.15, 0.2) is 0 Å². The summed E-state index contributed by atoms with van der Waals surface area (Å²) in [4.78, 5) is 32.3. The average Bonchev–Trinajstić information content (AvgIpc) is 2.94. The van der Waals surface area contributed by atoms with Gasteiger partial charge in [-0.15, -0.1) is 0 Å². The number of benzene rings is 1. The minimum absolute atomic E-state index is 0.0356. The third kappa shape index (κ3) is 5.27. The number of methoxy groups -OCH3 is 1. The number of carbonyl (C=O) groups is 1. The molecule has 1 aromatic carbocycles. The first-order valence-electron chi connectivity index (χ1n) is 11.5. The molecule has 1 fully saturated rings. The first-order chi connectivity index (χ1) is 17.2. The molecular weight excluding hydrogens is 442 g/mol. The molecule has 0 spiro atoms. The van der Waals surface area contributed by atoms with Gasteiger partial charge in [-0.2, -0.15) is 0 Å². The van der Waals surface area contributed by atoms with E-state index in [2.05, 4.69) is 15.0 Å². The minimum Gasteiger partial charge on any atom is -0.497 e. The van der Waals surface area contributed by atoms with Crippen LogP contribution in [-0.2, 0) is 0 Å². The summed E-state index contributed by atoms with van der Waals surface area (Å²) in [6.45, 7) is 1.30. The predicted octanol–water partition coefficient (Wildman–Crippen LogP) is 4.75. The van der Waals surface area contributed by atoms with Crippen LogP contribution in [0.1, 0.15) is 34.8 Å². The molecule has 0 N–H and O–H groups in total. The van der Waals surface area contributed by atoms with Crippen LogP contribution in [0.25, 0.3) is 11.1 Å². The number of ether oxygens (including phenoxy) is 2. The van der Waals surface area contributed by atoms with Gasteiger partial charge in [0.1, 0.15) is 17.8 Å². The second-order valence-electron chi connectivity index (χ2n) is 8.36. The van der Waals surface area contributed by atoms with Crippen LogP contribution in [0.5, 0.6) is 17.4 Å². The summed E-state index contributed by atoms with van der Waals surface area (Å²) in [6, 6.07) is 15.0. The number of carbonyl (C=O) groups excluding carboxylic acids is 1. The SMILES string of the molecule is COc1ccc(Oc2cccc(C3CCCN(C(=O)c4cncc(-c5cncnc5)c4)C3)n2)cc1. The van der Waals surface area contributed by atoms with Crippen LogP contribution < -0.4 is 9.47 Å². The number of piperidine rings is 1. The van der Waals surface area contributed by atoms with E-state index < -0.39 is 0 Å². The minimum atomic E-state index is -0.0356. The second kappa shape index (κ2) is 10.3. The quantitative estimate of drug-likeness (QED) is 0.404. The van der Waals surface area contributed by atoms with E-state index in [-0.39, 0.29) is 11.8 Å². The number of hydrogen-bond acceptors (Lipinski definition) is 7. The fourth-order valence-corrected chi connectivity index (χ4v) is 4.23. The molecule has 8 heteroatoms. The van der Waals surface area contributed by atoms with E-state index in [4.69, 9.17) is 14.5 Å². The van der Waals surface area contributed by atoms with Gasteiger partial charge >= 0.3 is 0 Å². The molecule has 3 aromatic heterocycles. The van der Waals surface area contributed by atoms with Gasteiger partial charge in [0.2, 0.25) is 5.88 Å². The highest BCUT2D eigenvalue weighted by atomic mass is 16.5. The largest absolute Gasteiger partial charge is 0.497 e. The standard InChI is InChI=1S/C27H25N5O3/c1-34-23-7-9-24(10-8-23)35-26-6-2-5-25(31-26)19-4-3-11-32(17-19)27(33)21-12-20(13-28-14-21)22-15-29-18-30-16-22/h2,5-10,12-16,18-19H,3-4,11,17H2,1H3. The van der Waals surface area contributed by atoms with Crippen molar-refractivity contribution in [3.63, 3.8) is 0 Å². The van der Waals surface area contributed by atoms with Crippen LogP contribution in [0, 0.1) is 0 Å². The molecule has 0 radical (unpaired) electrons. The highest BCUT2D eigenvalue weighted by molar-refractivity contribution is 5.95. The molecule has 4 heterocycles. The van der Waals surface area contributed by atoms with E-state index in [0.29, 0.717) is 30.3 Å². The molecule has 35 heavy (non-hydrogen) atoms. The highest BCUT2D eigenvalue weighted by Crippen LogP contribution is 2.29. The summed E-state index contributed by atoms with van der Waals surface area (Å²) in [5.41, 5.74) is 3.11. The van der Waals surface area contributed by atoms with Crippen LogP contribution in [0.3, 0.4) is 0 Å². The summed E-state index contributed by atoms with van der Waals surface area (Å²) >= 11 is 0. The average molecular weight is 468 g/mol. The molecule has 0 bridgehead atoms. The Morgan fingerprint density at radius 1 is 0.943 bits per heavy atom. The molecule has 176 valence electrons. The molecule has 0 aliphatic carbocycles. The van der Waals surface area contributed by atoms with Crippen molar-refractivity contribution in [3.05, 3.63) is 90.9 Å². The first kappa shape index (κ1) is 22.5. The number of nitrogens with zero attached hydrogens (tertiary/aromatic N) is 5. The van der Waals surface area contributed by atoms with Crippen molar-refractivity contribution in [1.29, 1.82) is 0 Å². The van der Waals surface area contributed by atoms with E-state index in [0.717, 1.165) is 35.4 Å². The van der Waals surface area contributed by atoms with Crippen molar-refractivity contribution in [2.75, 3.05) is 20.2 Å². The molecular formula is C27H25N5O3. The monoisotopic (exact) mass is 467 g/mol. The zero-order chi connectivity index (χ0) is 24.0. The Labute approximate surface area is 203 Å². The maximum absolute atomic E-state index is 13.3. The Morgan fingerprint density at radius 3 is 2.51 bits per heavy atom. The lowest BCUT2D eigenvalue weighted by Gasteiger charge is -2.32. The molecule has 1 amide bonds. The van der Waals surface area contributed by atoms with Gasteiger partial charge < -0.3 is 14.4 Å². The van der Waals surface area contributed by atoms with Crippen molar-refractivity contribution in [1.82, 2.24) is 24.8 Å². The van der Waals surface area contributed by atoms with Gasteiger partial charge in [-0.1, -0.05) is 6.07 Å². The Morgan fingerprint density at radius 2 is 1.71 bits per heavy atom. The van der Waals surface area contributed by atoms with Crippen molar-refractivity contribution < 1.29 is 14.3 Å². The lowest BCUT2D eigenvalue weighted by molar-refractivity contribution is 0.0705. The van der Waals surface area contributed by atoms with Crippen LogP contribution in [0.2, 0.25) is 0 Å². The molecule has 0 saturated carbocycles. The maximum atomic E-state index is 13.3. The summed E-state index contributed by atoms with van der Waals surface area (Å²) in [5.74, 6) is 2.08. The molecule has 8 nitrogen and oxygen atoms in total. The van der Waals surface area contributed by atoms with E-state index in [9.17, 15) is 4.79 Å². The third-order valence-corrected chi connectivity index (χ3v) is 6.03. The molecule has 1 aliphatic heterocycles. The molecule has 1 atom stereocenters. The number of likely N-dealkylation sites (tertiary alicyclic amines) is 1. The van der Waals surface area contributed by atoms with E-state index in [1.165, 1.54) is 6.33 Å². The Hall–Kier alpha value is -4.33. The first-order valence-corrected chi connectivity index (χ1v) is 11.5. The molecule has 1 saturated heterocycles. The lowest BCUT2D eigenvalue weighted by atomic mass is 9.93. The number of pyridine rings is 2. The van der Waals surface area contributed by atoms with Crippen LogP contribution in [-0.4, -0.2) is 50.9 Å². The van der Waals surface area contributed by atoms with Gasteiger partial charge in [0, 0.05) is 66.7 Å². The zero-order valence-corrected chi connectivity index (χ0v) is 19.4. The number of amides is 1. The van der Waals surface area contributed by atoms with Crippen molar-refractivity contribution in [2.45, 2.75) is 18.8 Å². The lowest BCUT2D eigenvalue weighted by Crippen LogP contribution is -2.39. The summed E-state index contributed by atoms with van der Waals surface area (Å²) < 4.78 is 11.1. The van der Waals surface area contributed by atoms with Crippen LogP contribution in [0.15, 0.2) is 79.6 Å². The van der Waals surface area contributed by atoms with Gasteiger partial charge in [0.25, 0.3) is 5.91 Å². The summed E-state index contributed by atoms with van der Waals surface area (Å²) in [5, 5.41) is 0. The number of aromatic nitrogens is 4. The highest BCUT2D eigenvalue weighted by Gasteiger charge is 2.27. The fraction of sp³-hybridized carbons (Fsp3) is 0.222. The smallest absolute Gasteiger partial charge is 0.255 e. The van der Waals surface area contributed by atoms with E-state index >= 15 is 0 Å². The van der Waals surface area contributed by atoms with Crippen molar-refractivity contribution in [3.8, 4) is 28.5 Å². The molecule has 5 rings (SSSR count). The van der Waals surface area contributed by atoms with Crippen LogP contribution >= 0.6 is 0 Å². The summed E-state index contributed by atoms with van der Waals surface area (Å²) in [6.07, 6.45) is 10.1. The van der Waals surface area contributed by atoms with Gasteiger partial charge in [-0.3, -0.25) is 9.78 Å². The summed E-state index contributed by atoms with van der Waals surface area (Å²) in [7, 11) is 1.63. The van der Waals surface area contributed by atoms with Crippen LogP contribution in [0.4, 0.5) is 0 Å². The topological polar surface area (TPSA) is 90.3 Å². The molecule has 1 unspecified atom stereocenters. The normalized spacial score (nSPS) is 15.5. The van der Waals surface area contributed by atoms with Crippen molar-refractivity contribution >= 4 is 5.91 Å². The van der Waals surface area contributed by atoms with E-state index in [1.54, 1.807) is 31.9 Å².